The zero-order chi connectivity index (χ0) is 10.4. The van der Waals surface area contributed by atoms with Gasteiger partial charge in [0.25, 0.3) is 0 Å². The van der Waals surface area contributed by atoms with Crippen LogP contribution < -0.4 is 0 Å². The number of hydrogen-bond acceptors (Lipinski definition) is 3. The molecule has 4 heteroatoms. The molecule has 1 aliphatic rings. The van der Waals surface area contributed by atoms with Gasteiger partial charge >= 0.3 is 0 Å². The lowest BCUT2D eigenvalue weighted by atomic mass is 10.2. The zero-order valence-electron chi connectivity index (χ0n) is 8.57. The van der Waals surface area contributed by atoms with Crippen LogP contribution in [0.5, 0.6) is 0 Å². The van der Waals surface area contributed by atoms with Gasteiger partial charge in [0.05, 0.1) is 11.4 Å². The van der Waals surface area contributed by atoms with E-state index in [4.69, 9.17) is 4.74 Å². The van der Waals surface area contributed by atoms with Gasteiger partial charge in [-0.3, -0.25) is 0 Å². The molecule has 0 fully saturated rings. The highest BCUT2D eigenvalue weighted by atomic mass is 127. The van der Waals surface area contributed by atoms with Gasteiger partial charge in [0, 0.05) is 6.21 Å². The molecule has 1 unspecified atom stereocenters. The summed E-state index contributed by atoms with van der Waals surface area (Å²) in [6, 6.07) is 0. The lowest BCUT2D eigenvalue weighted by molar-refractivity contribution is 0.107. The second-order valence-electron chi connectivity index (χ2n) is 3.24. The Morgan fingerprint density at radius 2 is 2.36 bits per heavy atom. The minimum absolute atomic E-state index is 0.321. The molecule has 14 heavy (non-hydrogen) atoms. The third kappa shape index (κ3) is 3.81. The lowest BCUT2D eigenvalue weighted by Crippen LogP contribution is -2.13. The Balaban J connectivity index is 2.41. The highest BCUT2D eigenvalue weighted by molar-refractivity contribution is 14.2. The first-order chi connectivity index (χ1) is 6.80. The molecule has 0 saturated heterocycles. The van der Waals surface area contributed by atoms with E-state index in [1.807, 2.05) is 6.21 Å². The highest BCUT2D eigenvalue weighted by Crippen LogP contribution is 2.25. The van der Waals surface area contributed by atoms with Crippen molar-refractivity contribution in [1.29, 1.82) is 0 Å². The molecule has 2 nitrogen and oxygen atoms in total. The summed E-state index contributed by atoms with van der Waals surface area (Å²) in [7, 11) is 1.80. The summed E-state index contributed by atoms with van der Waals surface area (Å²) >= 11 is 2.31. The molecular weight excluding hydrogens is 309 g/mol. The fraction of sp³-hybridized carbons (Fsp3) is 0.700. The van der Waals surface area contributed by atoms with E-state index >= 15 is 0 Å². The average Bonchev–Trinajstić information content (AvgIpc) is 2.26. The smallest absolute Gasteiger partial charge is 0.209 e. The van der Waals surface area contributed by atoms with Crippen molar-refractivity contribution >= 4 is 36.4 Å². The maximum Gasteiger partial charge on any atom is 0.209 e. The minimum atomic E-state index is 0.321. The highest BCUT2D eigenvalue weighted by Gasteiger charge is 2.12. The fourth-order valence-corrected chi connectivity index (χ4v) is 2.54. The SMILES string of the molecule is CCC(CC)OC1=CCC(SI)C=N1. The first-order valence-corrected chi connectivity index (χ1v) is 8.40. The fourth-order valence-electron chi connectivity index (χ4n) is 1.25. The molecular formula is C10H16INOS. The second kappa shape index (κ2) is 6.71. The van der Waals surface area contributed by atoms with Crippen molar-refractivity contribution in [2.24, 2.45) is 4.99 Å². The predicted octanol–water partition coefficient (Wildman–Crippen LogP) is 3.96. The molecule has 0 aromatic carbocycles. The van der Waals surface area contributed by atoms with Gasteiger partial charge in [-0.1, -0.05) is 22.8 Å². The number of halogens is 1. The van der Waals surface area contributed by atoms with E-state index in [1.165, 1.54) is 0 Å². The quantitative estimate of drug-likeness (QED) is 0.714. The van der Waals surface area contributed by atoms with Gasteiger partial charge in [-0.05, 0) is 46.5 Å². The van der Waals surface area contributed by atoms with Crippen LogP contribution in [0.2, 0.25) is 0 Å². The van der Waals surface area contributed by atoms with Crippen molar-refractivity contribution in [2.45, 2.75) is 44.5 Å². The van der Waals surface area contributed by atoms with E-state index in [0.29, 0.717) is 11.4 Å². The van der Waals surface area contributed by atoms with Gasteiger partial charge in [-0.25, -0.2) is 4.99 Å². The van der Waals surface area contributed by atoms with Crippen molar-refractivity contribution in [3.63, 3.8) is 0 Å². The van der Waals surface area contributed by atoms with Crippen LogP contribution in [0.15, 0.2) is 17.0 Å². The number of aliphatic imine (C=N–C) groups is 1. The third-order valence-corrected chi connectivity index (χ3v) is 4.71. The van der Waals surface area contributed by atoms with Crippen LogP contribution in [0.25, 0.3) is 0 Å². The van der Waals surface area contributed by atoms with E-state index in [1.54, 1.807) is 8.93 Å². The Morgan fingerprint density at radius 1 is 1.64 bits per heavy atom. The normalized spacial score (nSPS) is 21.1. The van der Waals surface area contributed by atoms with Crippen molar-refractivity contribution in [2.75, 3.05) is 0 Å². The van der Waals surface area contributed by atoms with Crippen molar-refractivity contribution < 1.29 is 4.74 Å². The summed E-state index contributed by atoms with van der Waals surface area (Å²) in [5, 5.41) is 0.518. The summed E-state index contributed by atoms with van der Waals surface area (Å²) < 4.78 is 5.73. The average molecular weight is 325 g/mol. The van der Waals surface area contributed by atoms with E-state index in [9.17, 15) is 0 Å². The minimum Gasteiger partial charge on any atom is -0.475 e. The van der Waals surface area contributed by atoms with Gasteiger partial charge in [0.1, 0.15) is 0 Å². The van der Waals surface area contributed by atoms with Gasteiger partial charge < -0.3 is 4.74 Å². The Bertz CT molecular complexity index is 226. The molecule has 0 saturated carbocycles. The van der Waals surface area contributed by atoms with Gasteiger partial charge in [-0.15, -0.1) is 0 Å². The van der Waals surface area contributed by atoms with E-state index in [0.717, 1.165) is 25.1 Å². The van der Waals surface area contributed by atoms with Gasteiger partial charge in [0.15, 0.2) is 0 Å². The number of nitrogens with zero attached hydrogens (tertiary/aromatic N) is 1. The Kier molecular flexibility index (Phi) is 5.93. The standard InChI is InChI=1S/C10H16INOS/c1-3-8(4-2)13-10-6-5-9(14-11)7-12-10/h6-9H,3-5H2,1-2H3. The van der Waals surface area contributed by atoms with Crippen LogP contribution in [0.3, 0.4) is 0 Å². The zero-order valence-corrected chi connectivity index (χ0v) is 11.5. The first-order valence-electron chi connectivity index (χ1n) is 4.98. The summed E-state index contributed by atoms with van der Waals surface area (Å²) in [5.74, 6) is 0.806. The van der Waals surface area contributed by atoms with Crippen LogP contribution in [-0.2, 0) is 4.74 Å². The van der Waals surface area contributed by atoms with Gasteiger partial charge in [-0.2, -0.15) is 0 Å². The van der Waals surface area contributed by atoms with Crippen LogP contribution in [0, 0.1) is 0 Å². The summed E-state index contributed by atoms with van der Waals surface area (Å²) in [6.07, 6.45) is 7.53. The van der Waals surface area contributed by atoms with E-state index in [-0.39, 0.29) is 0 Å². The van der Waals surface area contributed by atoms with E-state index in [2.05, 4.69) is 46.1 Å². The molecule has 1 aliphatic heterocycles. The Hall–Kier alpha value is 0.290. The van der Waals surface area contributed by atoms with Crippen LogP contribution in [-0.4, -0.2) is 17.6 Å². The topological polar surface area (TPSA) is 21.6 Å². The third-order valence-electron chi connectivity index (χ3n) is 2.21. The second-order valence-corrected chi connectivity index (χ2v) is 5.55. The Morgan fingerprint density at radius 3 is 2.79 bits per heavy atom. The number of ether oxygens (including phenoxy) is 1. The van der Waals surface area contributed by atoms with E-state index < -0.39 is 0 Å². The molecule has 1 rings (SSSR count). The van der Waals surface area contributed by atoms with Crippen LogP contribution >= 0.6 is 30.1 Å². The molecule has 80 valence electrons. The lowest BCUT2D eigenvalue weighted by Gasteiger charge is -2.18. The number of hydrogen-bond donors (Lipinski definition) is 0. The molecule has 0 N–H and O–H groups in total. The predicted molar refractivity (Wildman–Crippen MR) is 72.0 cm³/mol. The Labute approximate surface area is 102 Å². The van der Waals surface area contributed by atoms with Crippen molar-refractivity contribution in [3.05, 3.63) is 12.0 Å². The van der Waals surface area contributed by atoms with Gasteiger partial charge in [0.2, 0.25) is 5.88 Å². The molecule has 1 heterocycles. The first kappa shape index (κ1) is 12.4. The molecule has 0 aromatic heterocycles. The monoisotopic (exact) mass is 325 g/mol. The van der Waals surface area contributed by atoms with Crippen molar-refractivity contribution in [3.8, 4) is 0 Å². The summed E-state index contributed by atoms with van der Waals surface area (Å²) in [6.45, 7) is 4.29. The maximum atomic E-state index is 5.73. The molecule has 0 radical (unpaired) electrons. The number of allylic oxidation sites excluding steroid dienone is 1. The molecule has 0 aromatic rings. The summed E-state index contributed by atoms with van der Waals surface area (Å²) in [5.41, 5.74) is 0. The molecule has 1 atom stereocenters. The van der Waals surface area contributed by atoms with Crippen molar-refractivity contribution in [1.82, 2.24) is 0 Å². The van der Waals surface area contributed by atoms with Crippen LogP contribution in [0.1, 0.15) is 33.1 Å². The number of rotatable bonds is 5. The molecule has 0 bridgehead atoms. The molecule has 0 aliphatic carbocycles. The molecule has 0 amide bonds. The largest absolute Gasteiger partial charge is 0.475 e. The maximum absolute atomic E-state index is 5.73. The summed E-state index contributed by atoms with van der Waals surface area (Å²) in [4.78, 5) is 4.31. The molecule has 0 spiro atoms. The van der Waals surface area contributed by atoms with Crippen LogP contribution in [0.4, 0.5) is 0 Å².